The summed E-state index contributed by atoms with van der Waals surface area (Å²) < 4.78 is 17.4. The molecule has 0 saturated carbocycles. The van der Waals surface area contributed by atoms with Crippen molar-refractivity contribution in [3.63, 3.8) is 0 Å². The Morgan fingerprint density at radius 1 is 0.417 bits per heavy atom. The number of esters is 3. The molecule has 0 atom stereocenters. The maximum absolute atomic E-state index is 12.8. The summed E-state index contributed by atoms with van der Waals surface area (Å²) in [6, 6.07) is 0.481. The van der Waals surface area contributed by atoms with E-state index in [1.165, 1.54) is 128 Å². The Morgan fingerprint density at radius 2 is 0.750 bits per heavy atom. The van der Waals surface area contributed by atoms with Crippen LogP contribution in [0.15, 0.2) is 0 Å². The van der Waals surface area contributed by atoms with Crippen molar-refractivity contribution in [3.8, 4) is 0 Å². The standard InChI is InChI=1S/C53H103NO6/c1-8-12-26-35-48(36-27-13-9-2)45-52(56)58-43-32-24-20-16-18-22-30-39-50(60-51(55)41-34-42-54(7)47(5)6)40-31-23-19-17-21-25-33-44-59-53(57)46-49(37-28-14-10-3)38-29-15-11-4/h47-50H,8-46H2,1-7H3. The molecule has 7 nitrogen and oxygen atoms in total. The second-order valence-electron chi connectivity index (χ2n) is 18.9. The monoisotopic (exact) mass is 850 g/mol. The minimum atomic E-state index is -0.0365. The lowest BCUT2D eigenvalue weighted by molar-refractivity contribution is -0.150. The van der Waals surface area contributed by atoms with Gasteiger partial charge in [0.25, 0.3) is 0 Å². The van der Waals surface area contributed by atoms with Crippen molar-refractivity contribution >= 4 is 17.9 Å². The number of carbonyl (C=O) groups is 3. The fraction of sp³-hybridized carbons (Fsp3) is 0.943. The molecule has 0 unspecified atom stereocenters. The minimum Gasteiger partial charge on any atom is -0.466 e. The number of unbranched alkanes of at least 4 members (excludes halogenated alkanes) is 20. The van der Waals surface area contributed by atoms with Crippen molar-refractivity contribution in [2.24, 2.45) is 11.8 Å². The average Bonchev–Trinajstić information content (AvgIpc) is 3.22. The summed E-state index contributed by atoms with van der Waals surface area (Å²) in [6.07, 6.45) is 39.9. The molecule has 0 aliphatic rings. The predicted octanol–water partition coefficient (Wildman–Crippen LogP) is 15.7. The second-order valence-corrected chi connectivity index (χ2v) is 18.9. The summed E-state index contributed by atoms with van der Waals surface area (Å²) >= 11 is 0. The molecule has 0 aliphatic heterocycles. The lowest BCUT2D eigenvalue weighted by Gasteiger charge is -2.21. The molecule has 0 spiro atoms. The highest BCUT2D eigenvalue weighted by Crippen LogP contribution is 2.24. The third kappa shape index (κ3) is 39.2. The topological polar surface area (TPSA) is 82.1 Å². The van der Waals surface area contributed by atoms with E-state index >= 15 is 0 Å². The highest BCUT2D eigenvalue weighted by Gasteiger charge is 2.17. The van der Waals surface area contributed by atoms with Gasteiger partial charge in [-0.1, -0.05) is 169 Å². The number of carbonyl (C=O) groups excluding carboxylic acids is 3. The van der Waals surface area contributed by atoms with Crippen molar-refractivity contribution in [1.82, 2.24) is 4.90 Å². The Kier molecular flexibility index (Phi) is 42.8. The van der Waals surface area contributed by atoms with Gasteiger partial charge in [0.1, 0.15) is 6.10 Å². The first kappa shape index (κ1) is 58.4. The van der Waals surface area contributed by atoms with Crippen molar-refractivity contribution in [1.29, 1.82) is 0 Å². The van der Waals surface area contributed by atoms with E-state index < -0.39 is 0 Å². The van der Waals surface area contributed by atoms with E-state index in [1.54, 1.807) is 0 Å². The Morgan fingerprint density at radius 3 is 1.10 bits per heavy atom. The van der Waals surface area contributed by atoms with Gasteiger partial charge in [0.05, 0.1) is 13.2 Å². The molecule has 0 fully saturated rings. The van der Waals surface area contributed by atoms with Crippen LogP contribution in [0.3, 0.4) is 0 Å². The molecule has 60 heavy (non-hydrogen) atoms. The molecule has 0 N–H and O–H groups in total. The molecular formula is C53H103NO6. The molecule has 0 aliphatic carbocycles. The Balaban J connectivity index is 4.36. The van der Waals surface area contributed by atoms with Crippen LogP contribution in [-0.2, 0) is 28.6 Å². The van der Waals surface area contributed by atoms with Gasteiger partial charge in [-0.2, -0.15) is 0 Å². The summed E-state index contributed by atoms with van der Waals surface area (Å²) in [6.45, 7) is 15.4. The van der Waals surface area contributed by atoms with Gasteiger partial charge in [-0.3, -0.25) is 14.4 Å². The molecule has 0 radical (unpaired) electrons. The van der Waals surface area contributed by atoms with Crippen LogP contribution in [0.25, 0.3) is 0 Å². The van der Waals surface area contributed by atoms with Crippen LogP contribution in [0, 0.1) is 11.8 Å². The third-order valence-corrected chi connectivity index (χ3v) is 12.7. The fourth-order valence-electron chi connectivity index (χ4n) is 8.34. The fourth-order valence-corrected chi connectivity index (χ4v) is 8.34. The first-order chi connectivity index (χ1) is 29.2. The van der Waals surface area contributed by atoms with Gasteiger partial charge in [0, 0.05) is 25.3 Å². The molecule has 7 heteroatoms. The highest BCUT2D eigenvalue weighted by molar-refractivity contribution is 5.70. The molecule has 0 heterocycles. The summed E-state index contributed by atoms with van der Waals surface area (Å²) in [5.41, 5.74) is 0. The molecule has 0 bridgehead atoms. The molecule has 0 amide bonds. The van der Waals surface area contributed by atoms with Crippen molar-refractivity contribution in [2.45, 2.75) is 285 Å². The average molecular weight is 850 g/mol. The summed E-state index contributed by atoms with van der Waals surface area (Å²) in [7, 11) is 2.12. The molecule has 0 saturated heterocycles. The van der Waals surface area contributed by atoms with Gasteiger partial charge in [0.15, 0.2) is 0 Å². The van der Waals surface area contributed by atoms with Gasteiger partial charge in [-0.15, -0.1) is 0 Å². The van der Waals surface area contributed by atoms with Crippen molar-refractivity contribution in [3.05, 3.63) is 0 Å². The van der Waals surface area contributed by atoms with E-state index in [4.69, 9.17) is 14.2 Å². The highest BCUT2D eigenvalue weighted by atomic mass is 16.5. The quantitative estimate of drug-likeness (QED) is 0.0343. The van der Waals surface area contributed by atoms with Gasteiger partial charge in [0.2, 0.25) is 0 Å². The van der Waals surface area contributed by atoms with Gasteiger partial charge in [-0.25, -0.2) is 0 Å². The minimum absolute atomic E-state index is 0.00627. The van der Waals surface area contributed by atoms with E-state index in [9.17, 15) is 14.4 Å². The van der Waals surface area contributed by atoms with Gasteiger partial charge >= 0.3 is 17.9 Å². The van der Waals surface area contributed by atoms with Crippen LogP contribution in [0.1, 0.15) is 273 Å². The number of nitrogens with zero attached hydrogens (tertiary/aromatic N) is 1. The summed E-state index contributed by atoms with van der Waals surface area (Å²) in [5, 5.41) is 0. The molecule has 0 aromatic heterocycles. The van der Waals surface area contributed by atoms with Gasteiger partial charge in [-0.05, 0) is 110 Å². The van der Waals surface area contributed by atoms with E-state index in [-0.39, 0.29) is 24.0 Å². The van der Waals surface area contributed by atoms with E-state index in [1.807, 2.05) is 0 Å². The molecule has 356 valence electrons. The smallest absolute Gasteiger partial charge is 0.306 e. The molecule has 0 rings (SSSR count). The number of hydrogen-bond donors (Lipinski definition) is 0. The Labute approximate surface area is 373 Å². The van der Waals surface area contributed by atoms with E-state index in [2.05, 4.69) is 53.5 Å². The zero-order valence-electron chi connectivity index (χ0n) is 41.3. The molecule has 0 aromatic rings. The SMILES string of the molecule is CCCCCC(CCCCC)CC(=O)OCCCCCCCCCC(CCCCCCCCCOC(=O)CC(CCCCC)CCCCC)OC(=O)CCCN(C)C(C)C. The van der Waals surface area contributed by atoms with Crippen LogP contribution < -0.4 is 0 Å². The third-order valence-electron chi connectivity index (χ3n) is 12.7. The second kappa shape index (κ2) is 44.0. The van der Waals surface area contributed by atoms with E-state index in [0.717, 1.165) is 90.0 Å². The maximum atomic E-state index is 12.8. The van der Waals surface area contributed by atoms with Gasteiger partial charge < -0.3 is 19.1 Å². The van der Waals surface area contributed by atoms with Crippen LogP contribution in [0.2, 0.25) is 0 Å². The first-order valence-electron chi connectivity index (χ1n) is 26.4. The lowest BCUT2D eigenvalue weighted by atomic mass is 9.92. The largest absolute Gasteiger partial charge is 0.466 e. The number of ether oxygens (including phenoxy) is 3. The van der Waals surface area contributed by atoms with Crippen LogP contribution in [0.4, 0.5) is 0 Å². The van der Waals surface area contributed by atoms with E-state index in [0.29, 0.717) is 50.4 Å². The maximum Gasteiger partial charge on any atom is 0.306 e. The zero-order valence-corrected chi connectivity index (χ0v) is 41.3. The normalized spacial score (nSPS) is 11.8. The van der Waals surface area contributed by atoms with Crippen LogP contribution in [-0.4, -0.2) is 61.8 Å². The van der Waals surface area contributed by atoms with Crippen molar-refractivity contribution in [2.75, 3.05) is 26.8 Å². The lowest BCUT2D eigenvalue weighted by Crippen LogP contribution is -2.28. The Hall–Kier alpha value is -1.63. The molecular weight excluding hydrogens is 747 g/mol. The number of hydrogen-bond acceptors (Lipinski definition) is 7. The molecule has 0 aromatic carbocycles. The number of rotatable bonds is 46. The van der Waals surface area contributed by atoms with Crippen LogP contribution in [0.5, 0.6) is 0 Å². The van der Waals surface area contributed by atoms with Crippen LogP contribution >= 0.6 is 0 Å². The zero-order chi connectivity index (χ0) is 44.3. The Bertz CT molecular complexity index is 878. The summed E-state index contributed by atoms with van der Waals surface area (Å²) in [4.78, 5) is 40.2. The predicted molar refractivity (Wildman–Crippen MR) is 255 cm³/mol. The summed E-state index contributed by atoms with van der Waals surface area (Å²) in [5.74, 6) is 0.958. The van der Waals surface area contributed by atoms with Crippen molar-refractivity contribution < 1.29 is 28.6 Å². The first-order valence-corrected chi connectivity index (χ1v) is 26.4.